The second-order valence-corrected chi connectivity index (χ2v) is 4.84. The van der Waals surface area contributed by atoms with Crippen LogP contribution in [0.2, 0.25) is 0 Å². The highest BCUT2D eigenvalue weighted by Crippen LogP contribution is 2.11. The lowest BCUT2D eigenvalue weighted by molar-refractivity contribution is 0.0955. The van der Waals surface area contributed by atoms with Crippen molar-refractivity contribution in [1.82, 2.24) is 5.43 Å². The Hall–Kier alpha value is -2.62. The first kappa shape index (κ1) is 15.8. The largest absolute Gasteiger partial charge is 0.494 e. The third-order valence-corrected chi connectivity index (χ3v) is 3.06. The average molecular weight is 296 g/mol. The molecule has 0 atom stereocenters. The summed E-state index contributed by atoms with van der Waals surface area (Å²) in [5, 5.41) is 3.96. The Kier molecular flexibility index (Phi) is 6.18. The smallest absolute Gasteiger partial charge is 0.271 e. The van der Waals surface area contributed by atoms with Crippen molar-refractivity contribution in [3.05, 3.63) is 65.7 Å². The lowest BCUT2D eigenvalue weighted by atomic mass is 10.2. The maximum atomic E-state index is 11.8. The molecule has 0 fully saturated rings. The van der Waals surface area contributed by atoms with E-state index in [2.05, 4.69) is 17.5 Å². The van der Waals surface area contributed by atoms with E-state index < -0.39 is 0 Å². The van der Waals surface area contributed by atoms with Crippen molar-refractivity contribution in [3.8, 4) is 5.75 Å². The van der Waals surface area contributed by atoms with Crippen LogP contribution in [0.5, 0.6) is 5.75 Å². The van der Waals surface area contributed by atoms with Crippen LogP contribution >= 0.6 is 0 Å². The summed E-state index contributed by atoms with van der Waals surface area (Å²) in [5.74, 6) is 0.621. The van der Waals surface area contributed by atoms with Crippen molar-refractivity contribution >= 4 is 12.1 Å². The van der Waals surface area contributed by atoms with Gasteiger partial charge in [0, 0.05) is 5.56 Å². The molecule has 0 aliphatic rings. The number of amides is 1. The molecule has 0 radical (unpaired) electrons. The van der Waals surface area contributed by atoms with Crippen molar-refractivity contribution in [2.24, 2.45) is 5.10 Å². The summed E-state index contributed by atoms with van der Waals surface area (Å²) in [5.41, 5.74) is 3.99. The average Bonchev–Trinajstić information content (AvgIpc) is 2.57. The predicted octanol–water partition coefficient (Wildman–Crippen LogP) is 3.63. The third-order valence-electron chi connectivity index (χ3n) is 3.06. The van der Waals surface area contributed by atoms with Gasteiger partial charge in [-0.25, -0.2) is 5.43 Å². The van der Waals surface area contributed by atoms with Gasteiger partial charge >= 0.3 is 0 Å². The van der Waals surface area contributed by atoms with Gasteiger partial charge in [0.25, 0.3) is 5.91 Å². The van der Waals surface area contributed by atoms with Crippen LogP contribution in [0.1, 0.15) is 35.7 Å². The van der Waals surface area contributed by atoms with Crippen LogP contribution in [0.25, 0.3) is 0 Å². The zero-order chi connectivity index (χ0) is 15.6. The van der Waals surface area contributed by atoms with Gasteiger partial charge in [0.05, 0.1) is 12.8 Å². The topological polar surface area (TPSA) is 50.7 Å². The molecule has 0 spiro atoms. The molecule has 1 N–H and O–H groups in total. The van der Waals surface area contributed by atoms with E-state index in [0.717, 1.165) is 30.8 Å². The van der Waals surface area contributed by atoms with E-state index in [1.54, 1.807) is 18.3 Å². The van der Waals surface area contributed by atoms with E-state index in [0.29, 0.717) is 5.56 Å². The monoisotopic (exact) mass is 296 g/mol. The number of unbranched alkanes of at least 4 members (excludes halogenated alkanes) is 1. The molecule has 0 saturated heterocycles. The van der Waals surface area contributed by atoms with E-state index in [-0.39, 0.29) is 5.91 Å². The van der Waals surface area contributed by atoms with Gasteiger partial charge in [-0.05, 0) is 48.4 Å². The summed E-state index contributed by atoms with van der Waals surface area (Å²) in [7, 11) is 0. The maximum absolute atomic E-state index is 11.8. The fourth-order valence-electron chi connectivity index (χ4n) is 1.80. The first-order valence-corrected chi connectivity index (χ1v) is 7.41. The first-order valence-electron chi connectivity index (χ1n) is 7.41. The summed E-state index contributed by atoms with van der Waals surface area (Å²) in [6.45, 7) is 2.86. The number of nitrogens with zero attached hydrogens (tertiary/aromatic N) is 1. The molecule has 0 bridgehead atoms. The number of benzene rings is 2. The van der Waals surface area contributed by atoms with Gasteiger partial charge in [-0.2, -0.15) is 5.10 Å². The Morgan fingerprint density at radius 3 is 2.55 bits per heavy atom. The molecule has 2 rings (SSSR count). The zero-order valence-corrected chi connectivity index (χ0v) is 12.7. The summed E-state index contributed by atoms with van der Waals surface area (Å²) >= 11 is 0. The van der Waals surface area contributed by atoms with Gasteiger partial charge in [0.1, 0.15) is 5.75 Å². The fourth-order valence-corrected chi connectivity index (χ4v) is 1.80. The van der Waals surface area contributed by atoms with Crippen molar-refractivity contribution in [1.29, 1.82) is 0 Å². The van der Waals surface area contributed by atoms with Crippen LogP contribution in [-0.4, -0.2) is 18.7 Å². The Labute approximate surface area is 130 Å². The van der Waals surface area contributed by atoms with Crippen molar-refractivity contribution in [2.45, 2.75) is 19.8 Å². The minimum Gasteiger partial charge on any atom is -0.494 e. The molecule has 0 unspecified atom stereocenters. The van der Waals surface area contributed by atoms with Crippen LogP contribution in [0, 0.1) is 0 Å². The number of hydrazone groups is 1. The summed E-state index contributed by atoms with van der Waals surface area (Å²) in [4.78, 5) is 11.8. The second kappa shape index (κ2) is 8.62. The van der Waals surface area contributed by atoms with Crippen LogP contribution < -0.4 is 10.2 Å². The number of ether oxygens (including phenoxy) is 1. The van der Waals surface area contributed by atoms with Crippen molar-refractivity contribution in [2.75, 3.05) is 6.61 Å². The van der Waals surface area contributed by atoms with Crippen molar-refractivity contribution < 1.29 is 9.53 Å². The first-order chi connectivity index (χ1) is 10.8. The quantitative estimate of drug-likeness (QED) is 0.482. The Morgan fingerprint density at radius 1 is 1.14 bits per heavy atom. The molecule has 0 aliphatic heterocycles. The number of carbonyl (C=O) groups excluding carboxylic acids is 1. The van der Waals surface area contributed by atoms with Crippen LogP contribution in [0.4, 0.5) is 0 Å². The molecular weight excluding hydrogens is 276 g/mol. The highest BCUT2D eigenvalue weighted by molar-refractivity contribution is 5.94. The Balaban J connectivity index is 1.84. The molecule has 22 heavy (non-hydrogen) atoms. The molecule has 114 valence electrons. The molecule has 1 amide bonds. The number of hydrogen-bond donors (Lipinski definition) is 1. The summed E-state index contributed by atoms with van der Waals surface area (Å²) < 4.78 is 5.59. The third kappa shape index (κ3) is 5.05. The van der Waals surface area contributed by atoms with Gasteiger partial charge in [-0.3, -0.25) is 4.79 Å². The number of hydrogen-bond acceptors (Lipinski definition) is 3. The lowest BCUT2D eigenvalue weighted by Gasteiger charge is -2.04. The Morgan fingerprint density at radius 2 is 1.86 bits per heavy atom. The van der Waals surface area contributed by atoms with E-state index in [1.165, 1.54) is 0 Å². The van der Waals surface area contributed by atoms with E-state index in [9.17, 15) is 4.79 Å². The molecule has 0 heterocycles. The van der Waals surface area contributed by atoms with Crippen molar-refractivity contribution in [3.63, 3.8) is 0 Å². The molecule has 0 aromatic heterocycles. The number of nitrogens with one attached hydrogen (secondary N) is 1. The predicted molar refractivity (Wildman–Crippen MR) is 88.3 cm³/mol. The lowest BCUT2D eigenvalue weighted by Crippen LogP contribution is -2.17. The minimum absolute atomic E-state index is 0.226. The molecule has 4 nitrogen and oxygen atoms in total. The van der Waals surface area contributed by atoms with E-state index in [4.69, 9.17) is 4.74 Å². The van der Waals surface area contributed by atoms with Gasteiger partial charge < -0.3 is 4.74 Å². The standard InChI is InChI=1S/C18H20N2O2/c1-2-3-13-22-17-11-9-15(10-12-17)14-19-20-18(21)16-7-5-4-6-8-16/h4-12,14H,2-3,13H2,1H3,(H,20,21)/b19-14-. The number of rotatable bonds is 7. The van der Waals surface area contributed by atoms with Crippen LogP contribution in [-0.2, 0) is 0 Å². The highest BCUT2D eigenvalue weighted by Gasteiger charge is 2.01. The molecule has 4 heteroatoms. The second-order valence-electron chi connectivity index (χ2n) is 4.84. The van der Waals surface area contributed by atoms with Crippen LogP contribution in [0.15, 0.2) is 59.7 Å². The molecular formula is C18H20N2O2. The molecule has 2 aromatic rings. The minimum atomic E-state index is -0.226. The maximum Gasteiger partial charge on any atom is 0.271 e. The summed E-state index contributed by atoms with van der Waals surface area (Å²) in [6.07, 6.45) is 3.78. The highest BCUT2D eigenvalue weighted by atomic mass is 16.5. The SMILES string of the molecule is CCCCOc1ccc(/C=N\NC(=O)c2ccccc2)cc1. The number of carbonyl (C=O) groups is 1. The summed E-state index contributed by atoms with van der Waals surface area (Å²) in [6, 6.07) is 16.6. The Bertz CT molecular complexity index is 607. The molecule has 0 aliphatic carbocycles. The van der Waals surface area contributed by atoms with Gasteiger partial charge in [0.15, 0.2) is 0 Å². The normalized spacial score (nSPS) is 10.6. The van der Waals surface area contributed by atoms with Gasteiger partial charge in [0.2, 0.25) is 0 Å². The molecule has 2 aromatic carbocycles. The van der Waals surface area contributed by atoms with E-state index >= 15 is 0 Å². The van der Waals surface area contributed by atoms with E-state index in [1.807, 2.05) is 42.5 Å². The fraction of sp³-hybridized carbons (Fsp3) is 0.222. The molecule has 0 saturated carbocycles. The van der Waals surface area contributed by atoms with Crippen LogP contribution in [0.3, 0.4) is 0 Å². The van der Waals surface area contributed by atoms with Gasteiger partial charge in [-0.1, -0.05) is 31.5 Å². The van der Waals surface area contributed by atoms with Gasteiger partial charge in [-0.15, -0.1) is 0 Å². The zero-order valence-electron chi connectivity index (χ0n) is 12.7.